The highest BCUT2D eigenvalue weighted by Gasteiger charge is 2.21. The quantitative estimate of drug-likeness (QED) is 0.304. The molecule has 0 saturated carbocycles. The maximum atomic E-state index is 12.5. The van der Waals surface area contributed by atoms with Crippen LogP contribution >= 0.6 is 11.6 Å². The molecule has 0 aliphatic carbocycles. The van der Waals surface area contributed by atoms with Crippen molar-refractivity contribution in [3.63, 3.8) is 0 Å². The fourth-order valence-corrected chi connectivity index (χ4v) is 4.71. The zero-order valence-electron chi connectivity index (χ0n) is 21.6. The number of ether oxygens (including phenoxy) is 1. The van der Waals surface area contributed by atoms with E-state index in [1.54, 1.807) is 61.6 Å². The SMILES string of the molecule is COC(=O)c1c(O)c2ccccc2c(=O)n1C.Cn1c(=O)c2ccccc2c2nn(-c3ccc(Cl)cc3)c(O)c21. The first-order chi connectivity index (χ1) is 19.1. The number of esters is 1. The molecule has 3 aromatic heterocycles. The lowest BCUT2D eigenvalue weighted by atomic mass is 10.1. The molecular formula is C29H23ClN4O6. The summed E-state index contributed by atoms with van der Waals surface area (Å²) in [6.07, 6.45) is 0. The van der Waals surface area contributed by atoms with Gasteiger partial charge in [-0.25, -0.2) is 4.79 Å². The Morgan fingerprint density at radius 2 is 1.32 bits per heavy atom. The normalized spacial score (nSPS) is 11.0. The molecule has 6 rings (SSSR count). The van der Waals surface area contributed by atoms with Gasteiger partial charge in [0.15, 0.2) is 11.4 Å². The summed E-state index contributed by atoms with van der Waals surface area (Å²) in [5.41, 5.74) is 0.993. The van der Waals surface area contributed by atoms with E-state index in [0.29, 0.717) is 43.3 Å². The lowest BCUT2D eigenvalue weighted by Crippen LogP contribution is -2.24. The predicted molar refractivity (Wildman–Crippen MR) is 153 cm³/mol. The number of aromatic nitrogens is 4. The number of rotatable bonds is 2. The standard InChI is InChI=1S/C17H12ClN3O2.C12H11NO4/c1-20-15-14(12-4-2-3-5-13(12)16(20)22)19-21(17(15)23)11-8-6-10(18)7-9-11;1-13-9(12(16)17-2)10(14)7-5-3-4-6-8(7)11(13)15/h2-9,23H,1H3;3-6,14H,1-2H3. The second-order valence-corrected chi connectivity index (χ2v) is 9.35. The van der Waals surface area contributed by atoms with Gasteiger partial charge in [0.25, 0.3) is 11.1 Å². The molecule has 0 fully saturated rings. The van der Waals surface area contributed by atoms with Gasteiger partial charge in [0, 0.05) is 35.3 Å². The number of pyridine rings is 2. The van der Waals surface area contributed by atoms with E-state index in [4.69, 9.17) is 11.6 Å². The van der Waals surface area contributed by atoms with Crippen molar-refractivity contribution in [2.45, 2.75) is 0 Å². The van der Waals surface area contributed by atoms with Gasteiger partial charge in [-0.15, -0.1) is 0 Å². The molecule has 0 bridgehead atoms. The number of halogens is 1. The number of nitrogens with zero attached hydrogens (tertiary/aromatic N) is 4. The second-order valence-electron chi connectivity index (χ2n) is 8.92. The molecule has 0 aliphatic rings. The van der Waals surface area contributed by atoms with Crippen molar-refractivity contribution in [2.24, 2.45) is 14.1 Å². The lowest BCUT2D eigenvalue weighted by molar-refractivity contribution is 0.0585. The molecule has 0 spiro atoms. The number of benzene rings is 3. The minimum atomic E-state index is -0.743. The van der Waals surface area contributed by atoms with E-state index in [9.17, 15) is 24.6 Å². The van der Waals surface area contributed by atoms with Crippen molar-refractivity contribution in [1.82, 2.24) is 18.9 Å². The topological polar surface area (TPSA) is 129 Å². The molecule has 0 amide bonds. The molecule has 3 aromatic carbocycles. The van der Waals surface area contributed by atoms with Gasteiger partial charge in [0.1, 0.15) is 11.0 Å². The Morgan fingerprint density at radius 3 is 1.93 bits per heavy atom. The molecule has 0 radical (unpaired) electrons. The third-order valence-corrected chi connectivity index (χ3v) is 6.87. The molecule has 11 heteroatoms. The van der Waals surface area contributed by atoms with E-state index in [2.05, 4.69) is 9.84 Å². The van der Waals surface area contributed by atoms with Crippen LogP contribution in [-0.4, -0.2) is 42.2 Å². The Balaban J connectivity index is 0.000000170. The van der Waals surface area contributed by atoms with Crippen molar-refractivity contribution in [1.29, 1.82) is 0 Å². The van der Waals surface area contributed by atoms with Crippen LogP contribution in [0.25, 0.3) is 38.3 Å². The van der Waals surface area contributed by atoms with Gasteiger partial charge in [-0.1, -0.05) is 48.0 Å². The van der Waals surface area contributed by atoms with Gasteiger partial charge in [-0.05, 0) is 36.4 Å². The molecule has 10 nitrogen and oxygen atoms in total. The van der Waals surface area contributed by atoms with Gasteiger partial charge in [-0.2, -0.15) is 9.78 Å². The first-order valence-electron chi connectivity index (χ1n) is 12.0. The maximum Gasteiger partial charge on any atom is 0.358 e. The van der Waals surface area contributed by atoms with Crippen LogP contribution in [0.4, 0.5) is 0 Å². The number of hydrogen-bond donors (Lipinski definition) is 2. The Labute approximate surface area is 231 Å². The highest BCUT2D eigenvalue weighted by molar-refractivity contribution is 6.30. The van der Waals surface area contributed by atoms with E-state index >= 15 is 0 Å². The van der Waals surface area contributed by atoms with Gasteiger partial charge < -0.3 is 24.1 Å². The molecule has 0 aliphatic heterocycles. The van der Waals surface area contributed by atoms with Crippen LogP contribution in [0.3, 0.4) is 0 Å². The fourth-order valence-electron chi connectivity index (χ4n) is 4.59. The van der Waals surface area contributed by atoms with E-state index in [0.717, 1.165) is 4.57 Å². The summed E-state index contributed by atoms with van der Waals surface area (Å²) in [5, 5.41) is 27.7. The monoisotopic (exact) mass is 558 g/mol. The van der Waals surface area contributed by atoms with E-state index in [-0.39, 0.29) is 28.4 Å². The third kappa shape index (κ3) is 4.24. The number of hydrogen-bond acceptors (Lipinski definition) is 7. The third-order valence-electron chi connectivity index (χ3n) is 6.62. The number of aryl methyl sites for hydroxylation is 1. The average Bonchev–Trinajstić information content (AvgIpc) is 3.32. The molecule has 0 saturated heterocycles. The summed E-state index contributed by atoms with van der Waals surface area (Å²) >= 11 is 5.90. The van der Waals surface area contributed by atoms with Crippen LogP contribution < -0.4 is 11.1 Å². The molecule has 0 atom stereocenters. The van der Waals surface area contributed by atoms with E-state index in [1.807, 2.05) is 18.2 Å². The Morgan fingerprint density at radius 1 is 0.800 bits per heavy atom. The summed E-state index contributed by atoms with van der Waals surface area (Å²) in [6.45, 7) is 0. The molecular weight excluding hydrogens is 536 g/mol. The van der Waals surface area contributed by atoms with Crippen molar-refractivity contribution < 1.29 is 19.7 Å². The lowest BCUT2D eigenvalue weighted by Gasteiger charge is -2.10. The number of aromatic hydroxyl groups is 2. The van der Waals surface area contributed by atoms with Gasteiger partial charge in [-0.3, -0.25) is 9.59 Å². The molecule has 2 N–H and O–H groups in total. The predicted octanol–water partition coefficient (Wildman–Crippen LogP) is 4.27. The van der Waals surface area contributed by atoms with Crippen LogP contribution in [0.1, 0.15) is 10.5 Å². The molecule has 40 heavy (non-hydrogen) atoms. The van der Waals surface area contributed by atoms with Crippen LogP contribution in [-0.2, 0) is 18.8 Å². The summed E-state index contributed by atoms with van der Waals surface area (Å²) in [6, 6.07) is 20.8. The zero-order valence-corrected chi connectivity index (χ0v) is 22.4. The molecule has 6 aromatic rings. The van der Waals surface area contributed by atoms with E-state index < -0.39 is 5.97 Å². The summed E-state index contributed by atoms with van der Waals surface area (Å²) in [7, 11) is 4.24. The van der Waals surface area contributed by atoms with Gasteiger partial charge in [0.05, 0.1) is 18.2 Å². The minimum Gasteiger partial charge on any atom is -0.505 e. The van der Waals surface area contributed by atoms with Crippen molar-refractivity contribution in [3.8, 4) is 17.3 Å². The first kappa shape index (κ1) is 26.5. The van der Waals surface area contributed by atoms with Crippen LogP contribution in [0.5, 0.6) is 11.6 Å². The number of fused-ring (bicyclic) bond motifs is 4. The van der Waals surface area contributed by atoms with Crippen LogP contribution in [0.2, 0.25) is 5.02 Å². The molecule has 0 unspecified atom stereocenters. The van der Waals surface area contributed by atoms with Crippen molar-refractivity contribution >= 4 is 50.1 Å². The van der Waals surface area contributed by atoms with Crippen LogP contribution in [0, 0.1) is 0 Å². The van der Waals surface area contributed by atoms with Gasteiger partial charge >= 0.3 is 5.97 Å². The minimum absolute atomic E-state index is 0.0762. The Hall–Kier alpha value is -5.09. The van der Waals surface area contributed by atoms with Crippen molar-refractivity contribution in [3.05, 3.63) is 104 Å². The van der Waals surface area contributed by atoms with Gasteiger partial charge in [0.2, 0.25) is 5.88 Å². The maximum absolute atomic E-state index is 12.5. The Kier molecular flexibility index (Phi) is 6.78. The number of methoxy groups -OCH3 is 1. The average molecular weight is 559 g/mol. The first-order valence-corrected chi connectivity index (χ1v) is 12.4. The molecule has 3 heterocycles. The summed E-state index contributed by atoms with van der Waals surface area (Å²) in [4.78, 5) is 36.0. The highest BCUT2D eigenvalue weighted by atomic mass is 35.5. The smallest absolute Gasteiger partial charge is 0.358 e. The Bertz CT molecular complexity index is 2060. The number of carbonyl (C=O) groups is 1. The number of carbonyl (C=O) groups excluding carboxylic acids is 1. The summed E-state index contributed by atoms with van der Waals surface area (Å²) < 4.78 is 8.46. The largest absolute Gasteiger partial charge is 0.505 e. The zero-order chi connectivity index (χ0) is 28.7. The fraction of sp³-hybridized carbons (Fsp3) is 0.103. The van der Waals surface area contributed by atoms with E-state index in [1.165, 1.54) is 23.4 Å². The highest BCUT2D eigenvalue weighted by Crippen LogP contribution is 2.31. The van der Waals surface area contributed by atoms with Crippen molar-refractivity contribution in [2.75, 3.05) is 7.11 Å². The molecule has 202 valence electrons. The summed E-state index contributed by atoms with van der Waals surface area (Å²) in [5.74, 6) is -1.06. The second kappa shape index (κ2) is 10.2. The van der Waals surface area contributed by atoms with Crippen LogP contribution in [0.15, 0.2) is 82.4 Å².